The molecule has 1 aromatic rings. The Bertz CT molecular complexity index is 484. The summed E-state index contributed by atoms with van der Waals surface area (Å²) in [6, 6.07) is 2.41. The van der Waals surface area contributed by atoms with Crippen molar-refractivity contribution in [1.29, 1.82) is 0 Å². The number of fused-ring (bicyclic) bond motifs is 1. The average molecular weight is 277 g/mol. The van der Waals surface area contributed by atoms with Gasteiger partial charge in [0.25, 0.3) is 0 Å². The third-order valence-electron chi connectivity index (χ3n) is 4.24. The van der Waals surface area contributed by atoms with Crippen LogP contribution < -0.4 is 10.2 Å². The maximum absolute atomic E-state index is 6.00. The third kappa shape index (κ3) is 2.41. The first-order chi connectivity index (χ1) is 9.62. The maximum atomic E-state index is 6.00. The molecule has 5 nitrogen and oxygen atoms in total. The SMILES string of the molecule is CNC1COC(C)(C)c2cc(N3CCOCC3)ncc21. The number of nitrogens with one attached hydrogen (secondary N) is 1. The summed E-state index contributed by atoms with van der Waals surface area (Å²) < 4.78 is 11.4. The van der Waals surface area contributed by atoms with Gasteiger partial charge in [0, 0.05) is 19.3 Å². The molecule has 0 saturated carbocycles. The van der Waals surface area contributed by atoms with Gasteiger partial charge >= 0.3 is 0 Å². The molecule has 0 radical (unpaired) electrons. The zero-order valence-corrected chi connectivity index (χ0v) is 12.5. The highest BCUT2D eigenvalue weighted by atomic mass is 16.5. The third-order valence-corrected chi connectivity index (χ3v) is 4.24. The summed E-state index contributed by atoms with van der Waals surface area (Å²) in [5.74, 6) is 1.03. The fraction of sp³-hybridized carbons (Fsp3) is 0.667. The van der Waals surface area contributed by atoms with E-state index in [4.69, 9.17) is 9.47 Å². The highest BCUT2D eigenvalue weighted by molar-refractivity contribution is 5.47. The highest BCUT2D eigenvalue weighted by Gasteiger charge is 2.34. The largest absolute Gasteiger partial charge is 0.378 e. The lowest BCUT2D eigenvalue weighted by atomic mass is 9.88. The number of likely N-dealkylation sites (N-methyl/N-ethyl adjacent to an activating group) is 1. The van der Waals surface area contributed by atoms with Crippen LogP contribution in [-0.2, 0) is 15.1 Å². The molecule has 20 heavy (non-hydrogen) atoms. The van der Waals surface area contributed by atoms with Crippen LogP contribution in [-0.4, -0.2) is 44.9 Å². The molecule has 1 saturated heterocycles. The maximum Gasteiger partial charge on any atom is 0.129 e. The van der Waals surface area contributed by atoms with Gasteiger partial charge in [0.1, 0.15) is 5.82 Å². The lowest BCUT2D eigenvalue weighted by Crippen LogP contribution is -2.39. The number of anilines is 1. The molecule has 0 aliphatic carbocycles. The van der Waals surface area contributed by atoms with Crippen LogP contribution in [0.1, 0.15) is 31.0 Å². The Kier molecular flexibility index (Phi) is 3.67. The van der Waals surface area contributed by atoms with E-state index in [1.165, 1.54) is 11.1 Å². The van der Waals surface area contributed by atoms with E-state index in [-0.39, 0.29) is 11.6 Å². The van der Waals surface area contributed by atoms with E-state index < -0.39 is 0 Å². The van der Waals surface area contributed by atoms with Crippen molar-refractivity contribution in [1.82, 2.24) is 10.3 Å². The number of nitrogens with zero attached hydrogens (tertiary/aromatic N) is 2. The molecule has 0 spiro atoms. The van der Waals surface area contributed by atoms with Gasteiger partial charge in [-0.25, -0.2) is 4.98 Å². The molecule has 1 aromatic heterocycles. The molecule has 2 aliphatic heterocycles. The van der Waals surface area contributed by atoms with Crippen molar-refractivity contribution in [3.05, 3.63) is 23.4 Å². The molecular weight excluding hydrogens is 254 g/mol. The number of ether oxygens (including phenoxy) is 2. The van der Waals surface area contributed by atoms with Crippen LogP contribution in [0.5, 0.6) is 0 Å². The lowest BCUT2D eigenvalue weighted by Gasteiger charge is -2.38. The van der Waals surface area contributed by atoms with Crippen LogP contribution in [0.15, 0.2) is 12.3 Å². The van der Waals surface area contributed by atoms with Crippen LogP contribution in [0.25, 0.3) is 0 Å². The molecule has 1 fully saturated rings. The van der Waals surface area contributed by atoms with E-state index in [0.717, 1.165) is 32.1 Å². The summed E-state index contributed by atoms with van der Waals surface area (Å²) in [6.45, 7) is 8.30. The minimum absolute atomic E-state index is 0.226. The van der Waals surface area contributed by atoms with Gasteiger partial charge in [-0.1, -0.05) is 0 Å². The average Bonchev–Trinajstić information content (AvgIpc) is 2.48. The van der Waals surface area contributed by atoms with Crippen LogP contribution in [0.4, 0.5) is 5.82 Å². The lowest BCUT2D eigenvalue weighted by molar-refractivity contribution is -0.0463. The van der Waals surface area contributed by atoms with Gasteiger partial charge in [-0.05, 0) is 38.1 Å². The molecule has 0 amide bonds. The second-order valence-electron chi connectivity index (χ2n) is 5.89. The van der Waals surface area contributed by atoms with Crippen molar-refractivity contribution < 1.29 is 9.47 Å². The van der Waals surface area contributed by atoms with Crippen molar-refractivity contribution in [3.8, 4) is 0 Å². The normalized spacial score (nSPS) is 25.4. The second kappa shape index (κ2) is 5.31. The zero-order valence-electron chi connectivity index (χ0n) is 12.5. The first kappa shape index (κ1) is 13.8. The quantitative estimate of drug-likeness (QED) is 0.886. The van der Waals surface area contributed by atoms with Crippen LogP contribution in [0, 0.1) is 0 Å². The number of morpholine rings is 1. The number of rotatable bonds is 2. The summed E-state index contributed by atoms with van der Waals surface area (Å²) in [5.41, 5.74) is 2.23. The zero-order chi connectivity index (χ0) is 14.2. The van der Waals surface area contributed by atoms with E-state index in [9.17, 15) is 0 Å². The van der Waals surface area contributed by atoms with E-state index in [2.05, 4.69) is 35.1 Å². The number of hydrogen-bond donors (Lipinski definition) is 1. The molecule has 3 heterocycles. The molecule has 110 valence electrons. The summed E-state index contributed by atoms with van der Waals surface area (Å²) in [4.78, 5) is 6.93. The monoisotopic (exact) mass is 277 g/mol. The number of pyridine rings is 1. The Balaban J connectivity index is 1.97. The standard InChI is InChI=1S/C15H23N3O2/c1-15(2)12-8-14(18-4-6-19-7-5-18)17-9-11(12)13(16-3)10-20-15/h8-9,13,16H,4-7,10H2,1-3H3. The van der Waals surface area contributed by atoms with Crippen LogP contribution >= 0.6 is 0 Å². The van der Waals surface area contributed by atoms with Crippen molar-refractivity contribution >= 4 is 5.82 Å². The minimum Gasteiger partial charge on any atom is -0.378 e. The van der Waals surface area contributed by atoms with E-state index in [1.54, 1.807) is 0 Å². The summed E-state index contributed by atoms with van der Waals surface area (Å²) in [5, 5.41) is 3.30. The van der Waals surface area contributed by atoms with E-state index >= 15 is 0 Å². The van der Waals surface area contributed by atoms with Crippen molar-refractivity contribution in [2.75, 3.05) is 44.9 Å². The predicted molar refractivity (Wildman–Crippen MR) is 78.0 cm³/mol. The molecule has 2 aliphatic rings. The number of hydrogen-bond acceptors (Lipinski definition) is 5. The number of aromatic nitrogens is 1. The van der Waals surface area contributed by atoms with Gasteiger partial charge in [0.2, 0.25) is 0 Å². The van der Waals surface area contributed by atoms with Gasteiger partial charge < -0.3 is 19.7 Å². The molecule has 5 heteroatoms. The van der Waals surface area contributed by atoms with Crippen LogP contribution in [0.2, 0.25) is 0 Å². The van der Waals surface area contributed by atoms with Crippen molar-refractivity contribution in [2.24, 2.45) is 0 Å². The molecular formula is C15H23N3O2. The van der Waals surface area contributed by atoms with Gasteiger partial charge in [0.15, 0.2) is 0 Å². The van der Waals surface area contributed by atoms with Gasteiger partial charge in [-0.15, -0.1) is 0 Å². The minimum atomic E-state index is -0.257. The Hall–Kier alpha value is -1.17. The molecule has 3 rings (SSSR count). The highest BCUT2D eigenvalue weighted by Crippen LogP contribution is 2.37. The predicted octanol–water partition coefficient (Wildman–Crippen LogP) is 1.44. The molecule has 1 unspecified atom stereocenters. The van der Waals surface area contributed by atoms with Crippen LogP contribution in [0.3, 0.4) is 0 Å². The molecule has 1 atom stereocenters. The summed E-state index contributed by atoms with van der Waals surface area (Å²) in [6.07, 6.45) is 2.01. The Morgan fingerprint density at radius 2 is 2.10 bits per heavy atom. The van der Waals surface area contributed by atoms with Crippen molar-refractivity contribution in [2.45, 2.75) is 25.5 Å². The Labute approximate surface area is 120 Å². The van der Waals surface area contributed by atoms with E-state index in [1.807, 2.05) is 13.2 Å². The van der Waals surface area contributed by atoms with Gasteiger partial charge in [-0.3, -0.25) is 0 Å². The van der Waals surface area contributed by atoms with Gasteiger partial charge in [-0.2, -0.15) is 0 Å². The fourth-order valence-electron chi connectivity index (χ4n) is 2.92. The Morgan fingerprint density at radius 3 is 2.80 bits per heavy atom. The van der Waals surface area contributed by atoms with Crippen molar-refractivity contribution in [3.63, 3.8) is 0 Å². The first-order valence-corrected chi connectivity index (χ1v) is 7.26. The molecule has 0 bridgehead atoms. The first-order valence-electron chi connectivity index (χ1n) is 7.26. The smallest absolute Gasteiger partial charge is 0.129 e. The topological polar surface area (TPSA) is 46.6 Å². The fourth-order valence-corrected chi connectivity index (χ4v) is 2.92. The van der Waals surface area contributed by atoms with E-state index in [0.29, 0.717) is 6.61 Å². The van der Waals surface area contributed by atoms with Gasteiger partial charge in [0.05, 0.1) is 31.5 Å². The second-order valence-corrected chi connectivity index (χ2v) is 5.89. The molecule has 1 N–H and O–H groups in total. The summed E-state index contributed by atoms with van der Waals surface area (Å²) >= 11 is 0. The summed E-state index contributed by atoms with van der Waals surface area (Å²) in [7, 11) is 1.96. The molecule has 0 aromatic carbocycles. The Morgan fingerprint density at radius 1 is 1.35 bits per heavy atom.